The predicted molar refractivity (Wildman–Crippen MR) is 104 cm³/mol. The number of nitrogens with one attached hydrogen (secondary N) is 1. The van der Waals surface area contributed by atoms with E-state index < -0.39 is 6.04 Å². The Bertz CT molecular complexity index is 1080. The molecule has 28 heavy (non-hydrogen) atoms. The summed E-state index contributed by atoms with van der Waals surface area (Å²) < 4.78 is 13.3. The molecule has 0 bridgehead atoms. The number of carbonyl (C=O) groups excluding carboxylic acids is 2. The Hall–Kier alpha value is -3.28. The molecule has 1 saturated heterocycles. The molecule has 1 atom stereocenters. The van der Waals surface area contributed by atoms with Gasteiger partial charge in [0, 0.05) is 18.5 Å². The quantitative estimate of drug-likeness (QED) is 0.745. The molecule has 1 fully saturated rings. The molecule has 0 radical (unpaired) electrons. The van der Waals surface area contributed by atoms with Crippen molar-refractivity contribution >= 4 is 22.7 Å². The van der Waals surface area contributed by atoms with Crippen LogP contribution in [0, 0.1) is 19.7 Å². The Morgan fingerprint density at radius 3 is 2.64 bits per heavy atom. The molecule has 1 aliphatic rings. The second kappa shape index (κ2) is 7.03. The van der Waals surface area contributed by atoms with E-state index in [9.17, 15) is 14.0 Å². The zero-order chi connectivity index (χ0) is 19.8. The lowest BCUT2D eigenvalue weighted by Crippen LogP contribution is -2.52. The van der Waals surface area contributed by atoms with Crippen LogP contribution in [0.3, 0.4) is 0 Å². The molecular formula is C22H20FN3O2. The first-order chi connectivity index (χ1) is 13.4. The summed E-state index contributed by atoms with van der Waals surface area (Å²) in [5.74, 6) is -0.908. The lowest BCUT2D eigenvalue weighted by Gasteiger charge is -2.35. The van der Waals surface area contributed by atoms with Gasteiger partial charge in [0.25, 0.3) is 5.91 Å². The largest absolute Gasteiger partial charge is 0.352 e. The minimum Gasteiger partial charge on any atom is -0.352 e. The van der Waals surface area contributed by atoms with Crippen LogP contribution in [0.4, 0.5) is 4.39 Å². The third-order valence-corrected chi connectivity index (χ3v) is 5.05. The van der Waals surface area contributed by atoms with Gasteiger partial charge in [0.15, 0.2) is 0 Å². The molecule has 0 saturated carbocycles. The fraction of sp³-hybridized carbons (Fsp3) is 0.227. The summed E-state index contributed by atoms with van der Waals surface area (Å²) in [4.78, 5) is 32.0. The summed E-state index contributed by atoms with van der Waals surface area (Å²) >= 11 is 0. The van der Waals surface area contributed by atoms with Crippen LogP contribution in [0.1, 0.15) is 33.2 Å². The van der Waals surface area contributed by atoms with Gasteiger partial charge >= 0.3 is 0 Å². The molecule has 2 heterocycles. The van der Waals surface area contributed by atoms with Crippen LogP contribution in [0.25, 0.3) is 10.9 Å². The van der Waals surface area contributed by atoms with E-state index in [1.807, 2.05) is 31.2 Å². The summed E-state index contributed by atoms with van der Waals surface area (Å²) in [6.45, 7) is 4.53. The van der Waals surface area contributed by atoms with Crippen molar-refractivity contribution in [2.75, 3.05) is 13.1 Å². The van der Waals surface area contributed by atoms with Crippen molar-refractivity contribution in [3.05, 3.63) is 76.7 Å². The van der Waals surface area contributed by atoms with Crippen LogP contribution in [0.15, 0.2) is 48.5 Å². The number of hydrogen-bond acceptors (Lipinski definition) is 3. The molecule has 1 N–H and O–H groups in total. The van der Waals surface area contributed by atoms with Gasteiger partial charge in [0.2, 0.25) is 5.91 Å². The smallest absolute Gasteiger partial charge is 0.256 e. The van der Waals surface area contributed by atoms with Crippen LogP contribution in [0.5, 0.6) is 0 Å². The van der Waals surface area contributed by atoms with Crippen LogP contribution >= 0.6 is 0 Å². The highest BCUT2D eigenvalue weighted by Crippen LogP contribution is 2.27. The number of halogens is 1. The van der Waals surface area contributed by atoms with Crippen LogP contribution in [-0.4, -0.2) is 34.8 Å². The van der Waals surface area contributed by atoms with Crippen molar-refractivity contribution in [2.45, 2.75) is 19.9 Å². The summed E-state index contributed by atoms with van der Waals surface area (Å²) in [7, 11) is 0. The second-order valence-electron chi connectivity index (χ2n) is 7.06. The molecule has 3 aromatic rings. The molecule has 5 nitrogen and oxygen atoms in total. The molecule has 6 heteroatoms. The van der Waals surface area contributed by atoms with Gasteiger partial charge in [-0.2, -0.15) is 0 Å². The minimum atomic E-state index is -0.797. The van der Waals surface area contributed by atoms with Crippen LogP contribution in [-0.2, 0) is 4.79 Å². The monoisotopic (exact) mass is 377 g/mol. The normalized spacial score (nSPS) is 16.9. The summed E-state index contributed by atoms with van der Waals surface area (Å²) in [5.41, 5.74) is 3.57. The first-order valence-corrected chi connectivity index (χ1v) is 9.16. The maximum absolute atomic E-state index is 13.4. The van der Waals surface area contributed by atoms with Crippen molar-refractivity contribution < 1.29 is 14.0 Å². The van der Waals surface area contributed by atoms with Crippen LogP contribution < -0.4 is 5.32 Å². The van der Waals surface area contributed by atoms with Crippen molar-refractivity contribution in [2.24, 2.45) is 0 Å². The maximum atomic E-state index is 13.4. The highest BCUT2D eigenvalue weighted by molar-refractivity contribution is 6.01. The highest BCUT2D eigenvalue weighted by Gasteiger charge is 2.35. The van der Waals surface area contributed by atoms with Gasteiger partial charge < -0.3 is 10.2 Å². The number of aromatic nitrogens is 1. The van der Waals surface area contributed by atoms with Crippen molar-refractivity contribution in [1.29, 1.82) is 0 Å². The molecule has 0 aliphatic carbocycles. The lowest BCUT2D eigenvalue weighted by atomic mass is 10.00. The summed E-state index contributed by atoms with van der Waals surface area (Å²) in [6, 6.07) is 12.6. The standard InChI is InChI=1S/C22H20FN3O2/c1-13-3-8-19-16(11-13)12-18(14(2)25-19)22(28)26-10-9-24-21(27)20(26)15-4-6-17(23)7-5-15/h3-8,11-12,20H,9-10H2,1-2H3,(H,24,27)/t20-/m1/s1. The number of amides is 2. The molecule has 0 spiro atoms. The molecular weight excluding hydrogens is 357 g/mol. The Morgan fingerprint density at radius 2 is 1.89 bits per heavy atom. The number of benzene rings is 2. The van der Waals surface area contributed by atoms with E-state index in [0.717, 1.165) is 16.5 Å². The third-order valence-electron chi connectivity index (χ3n) is 5.05. The SMILES string of the molecule is Cc1ccc2nc(C)c(C(=O)N3CCNC(=O)[C@H]3c3ccc(F)cc3)cc2c1. The minimum absolute atomic E-state index is 0.252. The number of carbonyl (C=O) groups is 2. The topological polar surface area (TPSA) is 62.3 Å². The van der Waals surface area contributed by atoms with E-state index in [-0.39, 0.29) is 17.6 Å². The zero-order valence-corrected chi connectivity index (χ0v) is 15.7. The van der Waals surface area contributed by atoms with Gasteiger partial charge in [0.1, 0.15) is 11.9 Å². The van der Waals surface area contributed by atoms with Gasteiger partial charge in [-0.3, -0.25) is 14.6 Å². The Balaban J connectivity index is 1.76. The number of rotatable bonds is 2. The fourth-order valence-electron chi connectivity index (χ4n) is 3.63. The highest BCUT2D eigenvalue weighted by atomic mass is 19.1. The molecule has 1 aliphatic heterocycles. The number of aryl methyl sites for hydroxylation is 2. The van der Waals surface area contributed by atoms with E-state index in [0.29, 0.717) is 29.9 Å². The Labute approximate surface area is 162 Å². The molecule has 0 unspecified atom stereocenters. The number of fused-ring (bicyclic) bond motifs is 1. The summed E-state index contributed by atoms with van der Waals surface area (Å²) in [5, 5.41) is 3.67. The average Bonchev–Trinajstić information content (AvgIpc) is 2.68. The number of pyridine rings is 1. The molecule has 142 valence electrons. The van der Waals surface area contributed by atoms with Gasteiger partial charge in [0.05, 0.1) is 16.8 Å². The summed E-state index contributed by atoms with van der Waals surface area (Å²) in [6.07, 6.45) is 0. The number of nitrogens with zero attached hydrogens (tertiary/aromatic N) is 2. The van der Waals surface area contributed by atoms with E-state index in [2.05, 4.69) is 10.3 Å². The number of piperazine rings is 1. The zero-order valence-electron chi connectivity index (χ0n) is 15.7. The number of hydrogen-bond donors (Lipinski definition) is 1. The molecule has 2 amide bonds. The first kappa shape index (κ1) is 18.1. The van der Waals surface area contributed by atoms with Crippen molar-refractivity contribution in [1.82, 2.24) is 15.2 Å². The van der Waals surface area contributed by atoms with Gasteiger partial charge in [-0.05, 0) is 49.7 Å². The molecule has 1 aromatic heterocycles. The van der Waals surface area contributed by atoms with Crippen molar-refractivity contribution in [3.63, 3.8) is 0 Å². The average molecular weight is 377 g/mol. The fourth-order valence-corrected chi connectivity index (χ4v) is 3.63. The molecule has 4 rings (SSSR count). The Morgan fingerprint density at radius 1 is 1.14 bits per heavy atom. The second-order valence-corrected chi connectivity index (χ2v) is 7.06. The maximum Gasteiger partial charge on any atom is 0.256 e. The van der Waals surface area contributed by atoms with E-state index >= 15 is 0 Å². The van der Waals surface area contributed by atoms with E-state index in [1.54, 1.807) is 19.1 Å². The first-order valence-electron chi connectivity index (χ1n) is 9.16. The third kappa shape index (κ3) is 3.22. The lowest BCUT2D eigenvalue weighted by molar-refractivity contribution is -0.128. The Kier molecular flexibility index (Phi) is 4.55. The van der Waals surface area contributed by atoms with Crippen molar-refractivity contribution in [3.8, 4) is 0 Å². The van der Waals surface area contributed by atoms with Gasteiger partial charge in [-0.1, -0.05) is 23.8 Å². The van der Waals surface area contributed by atoms with Crippen LogP contribution in [0.2, 0.25) is 0 Å². The van der Waals surface area contributed by atoms with E-state index in [4.69, 9.17) is 0 Å². The predicted octanol–water partition coefficient (Wildman–Crippen LogP) is 3.30. The molecule has 2 aromatic carbocycles. The van der Waals surface area contributed by atoms with Gasteiger partial charge in [-0.25, -0.2) is 4.39 Å². The van der Waals surface area contributed by atoms with Gasteiger partial charge in [-0.15, -0.1) is 0 Å². The van der Waals surface area contributed by atoms with E-state index in [1.165, 1.54) is 17.0 Å².